The molecule has 0 aromatic rings. The number of nitrogens with one attached hydrogen (secondary N) is 2. The van der Waals surface area contributed by atoms with Crippen LogP contribution in [0.3, 0.4) is 0 Å². The summed E-state index contributed by atoms with van der Waals surface area (Å²) in [4.78, 5) is 23.7. The first-order chi connectivity index (χ1) is 6.95. The van der Waals surface area contributed by atoms with Gasteiger partial charge in [-0.1, -0.05) is 25.5 Å². The average molecular weight is 249 g/mol. The van der Waals surface area contributed by atoms with Gasteiger partial charge in [-0.25, -0.2) is 0 Å². The van der Waals surface area contributed by atoms with Crippen LogP contribution in [-0.4, -0.2) is 16.9 Å². The molecule has 1 saturated heterocycles. The Balaban J connectivity index is 0.00000225. The summed E-state index contributed by atoms with van der Waals surface area (Å²) in [6.07, 6.45) is 1.17. The Kier molecular flexibility index (Phi) is 5.82. The van der Waals surface area contributed by atoms with Crippen molar-refractivity contribution in [3.63, 3.8) is 0 Å². The zero-order valence-electron chi connectivity index (χ0n) is 9.85. The maximum Gasteiger partial charge on any atom is 1.00 e. The van der Waals surface area contributed by atoms with Crippen LogP contribution in [0.15, 0.2) is 12.2 Å². The van der Waals surface area contributed by atoms with Crippen molar-refractivity contribution in [1.82, 2.24) is 10.6 Å². The predicted molar refractivity (Wildman–Crippen MR) is 61.0 cm³/mol. The SMILES string of the molecule is C=C(C)C1(CCC)C(=O)NC(=S)NC1=O.[Na+]. The Hall–Kier alpha value is -0.230. The Morgan fingerprint density at radius 1 is 1.38 bits per heavy atom. The molecule has 0 aromatic carbocycles. The van der Waals surface area contributed by atoms with Gasteiger partial charge in [0, 0.05) is 0 Å². The molecule has 0 radical (unpaired) electrons. The molecule has 1 rings (SSSR count). The van der Waals surface area contributed by atoms with Crippen LogP contribution >= 0.6 is 12.2 Å². The van der Waals surface area contributed by atoms with Crippen LogP contribution in [0.25, 0.3) is 0 Å². The Morgan fingerprint density at radius 3 is 2.12 bits per heavy atom. The first-order valence-corrected chi connectivity index (χ1v) is 5.18. The maximum atomic E-state index is 11.8. The smallest absolute Gasteiger partial charge is 0.302 e. The summed E-state index contributed by atoms with van der Waals surface area (Å²) >= 11 is 4.74. The summed E-state index contributed by atoms with van der Waals surface area (Å²) in [5, 5.41) is 5.00. The maximum absolute atomic E-state index is 11.8. The molecule has 0 bridgehead atoms. The minimum Gasteiger partial charge on any atom is -0.302 e. The summed E-state index contributed by atoms with van der Waals surface area (Å²) in [6, 6.07) is 0. The van der Waals surface area contributed by atoms with Gasteiger partial charge in [-0.15, -0.1) is 0 Å². The number of carbonyl (C=O) groups excluding carboxylic acids is 2. The van der Waals surface area contributed by atoms with E-state index >= 15 is 0 Å². The zero-order valence-corrected chi connectivity index (χ0v) is 12.7. The van der Waals surface area contributed by atoms with Crippen LogP contribution < -0.4 is 40.2 Å². The quantitative estimate of drug-likeness (QED) is 0.260. The summed E-state index contributed by atoms with van der Waals surface area (Å²) in [5.41, 5.74) is -0.612. The van der Waals surface area contributed by atoms with Gasteiger partial charge in [-0.3, -0.25) is 9.59 Å². The molecule has 0 atom stereocenters. The van der Waals surface area contributed by atoms with Crippen LogP contribution in [0, 0.1) is 5.41 Å². The van der Waals surface area contributed by atoms with Gasteiger partial charge in [-0.2, -0.15) is 0 Å². The van der Waals surface area contributed by atoms with E-state index in [1.165, 1.54) is 0 Å². The van der Waals surface area contributed by atoms with Gasteiger partial charge < -0.3 is 10.6 Å². The fraction of sp³-hybridized carbons (Fsp3) is 0.500. The third-order valence-corrected chi connectivity index (χ3v) is 2.79. The summed E-state index contributed by atoms with van der Waals surface area (Å²) in [7, 11) is 0. The van der Waals surface area contributed by atoms with Gasteiger partial charge >= 0.3 is 29.6 Å². The zero-order chi connectivity index (χ0) is 11.6. The van der Waals surface area contributed by atoms with E-state index in [0.29, 0.717) is 12.0 Å². The molecule has 4 nitrogen and oxygen atoms in total. The minimum absolute atomic E-state index is 0. The van der Waals surface area contributed by atoms with Gasteiger partial charge in [0.05, 0.1) is 0 Å². The fourth-order valence-corrected chi connectivity index (χ4v) is 1.94. The van der Waals surface area contributed by atoms with Crippen molar-refractivity contribution >= 4 is 29.1 Å². The second-order valence-electron chi connectivity index (χ2n) is 3.67. The molecule has 1 aliphatic rings. The molecule has 1 aliphatic heterocycles. The van der Waals surface area contributed by atoms with E-state index in [1.807, 2.05) is 6.92 Å². The van der Waals surface area contributed by atoms with Crippen LogP contribution in [0.2, 0.25) is 0 Å². The second kappa shape index (κ2) is 5.91. The first-order valence-electron chi connectivity index (χ1n) is 4.78. The number of hydrogen-bond donors (Lipinski definition) is 2. The molecular formula is C10H14N2NaO2S+. The van der Waals surface area contributed by atoms with Crippen LogP contribution in [0.4, 0.5) is 0 Å². The first kappa shape index (κ1) is 15.8. The molecular weight excluding hydrogens is 235 g/mol. The molecule has 16 heavy (non-hydrogen) atoms. The van der Waals surface area contributed by atoms with Gasteiger partial charge in [0.1, 0.15) is 5.41 Å². The van der Waals surface area contributed by atoms with Gasteiger partial charge in [0.15, 0.2) is 5.11 Å². The van der Waals surface area contributed by atoms with Crippen molar-refractivity contribution in [2.75, 3.05) is 0 Å². The number of amides is 2. The minimum atomic E-state index is -1.16. The molecule has 0 aromatic heterocycles. The Bertz CT molecular complexity index is 335. The van der Waals surface area contributed by atoms with E-state index < -0.39 is 5.41 Å². The molecule has 0 saturated carbocycles. The number of carbonyl (C=O) groups is 2. The number of rotatable bonds is 3. The van der Waals surface area contributed by atoms with Crippen LogP contribution in [0.1, 0.15) is 26.7 Å². The summed E-state index contributed by atoms with van der Waals surface area (Å²) in [5.74, 6) is -0.740. The third kappa shape index (κ3) is 2.53. The van der Waals surface area contributed by atoms with E-state index in [-0.39, 0.29) is 46.5 Å². The van der Waals surface area contributed by atoms with Gasteiger partial charge in [0.25, 0.3) is 0 Å². The van der Waals surface area contributed by atoms with Crippen molar-refractivity contribution in [3.8, 4) is 0 Å². The van der Waals surface area contributed by atoms with E-state index in [4.69, 9.17) is 12.2 Å². The summed E-state index contributed by atoms with van der Waals surface area (Å²) in [6.45, 7) is 7.33. The topological polar surface area (TPSA) is 58.2 Å². The van der Waals surface area contributed by atoms with Crippen molar-refractivity contribution in [3.05, 3.63) is 12.2 Å². The van der Waals surface area contributed by atoms with Crippen molar-refractivity contribution < 1.29 is 39.1 Å². The number of thiocarbonyl (C=S) groups is 1. The van der Waals surface area contributed by atoms with E-state index in [9.17, 15) is 9.59 Å². The second-order valence-corrected chi connectivity index (χ2v) is 4.08. The monoisotopic (exact) mass is 249 g/mol. The van der Waals surface area contributed by atoms with E-state index in [2.05, 4.69) is 17.2 Å². The molecule has 0 unspecified atom stereocenters. The van der Waals surface area contributed by atoms with Gasteiger partial charge in [0.2, 0.25) is 11.8 Å². The van der Waals surface area contributed by atoms with Crippen molar-refractivity contribution in [2.24, 2.45) is 5.41 Å². The van der Waals surface area contributed by atoms with Crippen LogP contribution in [0.5, 0.6) is 0 Å². The molecule has 1 heterocycles. The largest absolute Gasteiger partial charge is 1.00 e. The molecule has 2 amide bonds. The molecule has 1 fully saturated rings. The van der Waals surface area contributed by atoms with Crippen LogP contribution in [-0.2, 0) is 9.59 Å². The van der Waals surface area contributed by atoms with E-state index in [1.54, 1.807) is 6.92 Å². The average Bonchev–Trinajstić information content (AvgIpc) is 2.10. The molecule has 2 N–H and O–H groups in total. The molecule has 0 aliphatic carbocycles. The summed E-state index contributed by atoms with van der Waals surface area (Å²) < 4.78 is 0. The molecule has 82 valence electrons. The third-order valence-electron chi connectivity index (χ3n) is 2.58. The van der Waals surface area contributed by atoms with Crippen molar-refractivity contribution in [1.29, 1.82) is 0 Å². The predicted octanol–water partition coefficient (Wildman–Crippen LogP) is -2.12. The van der Waals surface area contributed by atoms with Crippen molar-refractivity contribution in [2.45, 2.75) is 26.7 Å². The van der Waals surface area contributed by atoms with E-state index in [0.717, 1.165) is 6.42 Å². The molecule has 6 heteroatoms. The molecule has 0 spiro atoms. The Labute approximate surface area is 123 Å². The fourth-order valence-electron chi connectivity index (χ4n) is 1.76. The Morgan fingerprint density at radius 2 is 1.81 bits per heavy atom. The van der Waals surface area contributed by atoms with Gasteiger partial charge in [-0.05, 0) is 25.6 Å². The number of hydrogen-bond acceptors (Lipinski definition) is 3. The standard InChI is InChI=1S/C10H14N2O2S.Na/c1-4-5-10(6(2)3)7(13)11-9(15)12-8(10)14;/h2,4-5H2,1,3H3,(H2,11,12,13,14,15);/q;+1. The normalized spacial score (nSPS) is 18.2.